The lowest BCUT2D eigenvalue weighted by Gasteiger charge is -2.32. The number of nitrogens with zero attached hydrogens (tertiary/aromatic N) is 1. The van der Waals surface area contributed by atoms with Gasteiger partial charge in [0.25, 0.3) is 0 Å². The van der Waals surface area contributed by atoms with Gasteiger partial charge in [0.2, 0.25) is 5.91 Å². The Morgan fingerprint density at radius 3 is 2.67 bits per heavy atom. The van der Waals surface area contributed by atoms with Gasteiger partial charge in [-0.3, -0.25) is 4.79 Å². The molecule has 3 N–H and O–H groups in total. The monoisotopic (exact) mass is 257 g/mol. The highest BCUT2D eigenvalue weighted by molar-refractivity contribution is 5.86. The summed E-state index contributed by atoms with van der Waals surface area (Å²) in [6.07, 6.45) is 2.34. The lowest BCUT2D eigenvalue weighted by molar-refractivity contribution is -0.129. The number of hydrogen-bond acceptors (Lipinski definition) is 4. The van der Waals surface area contributed by atoms with Crippen LogP contribution in [0.25, 0.3) is 0 Å². The maximum atomic E-state index is 12.0. The molecule has 0 spiro atoms. The number of carbonyl (C=O) groups is 1. The lowest BCUT2D eigenvalue weighted by atomic mass is 9.90. The Labute approximate surface area is 110 Å². The van der Waals surface area contributed by atoms with Crippen molar-refractivity contribution in [1.29, 1.82) is 0 Å². The van der Waals surface area contributed by atoms with Crippen LogP contribution in [-0.4, -0.2) is 55.7 Å². The molecule has 18 heavy (non-hydrogen) atoms. The van der Waals surface area contributed by atoms with Crippen molar-refractivity contribution in [2.24, 2.45) is 5.73 Å². The summed E-state index contributed by atoms with van der Waals surface area (Å²) >= 11 is 0. The average molecular weight is 257 g/mol. The number of likely N-dealkylation sites (N-methyl/N-ethyl adjacent to an activating group) is 1. The summed E-state index contributed by atoms with van der Waals surface area (Å²) in [5, 5.41) is 2.94. The lowest BCUT2D eigenvalue weighted by Crippen LogP contribution is -2.57. The molecule has 1 aliphatic rings. The van der Waals surface area contributed by atoms with Gasteiger partial charge in [0.05, 0.1) is 5.54 Å². The molecule has 1 rings (SSSR count). The van der Waals surface area contributed by atoms with Crippen molar-refractivity contribution in [2.45, 2.75) is 44.7 Å². The van der Waals surface area contributed by atoms with Gasteiger partial charge in [-0.1, -0.05) is 6.92 Å². The molecule has 1 heterocycles. The highest BCUT2D eigenvalue weighted by Crippen LogP contribution is 2.17. The summed E-state index contributed by atoms with van der Waals surface area (Å²) in [6.45, 7) is 7.02. The van der Waals surface area contributed by atoms with Crippen LogP contribution in [0.5, 0.6) is 0 Å². The summed E-state index contributed by atoms with van der Waals surface area (Å²) < 4.78 is 5.24. The van der Waals surface area contributed by atoms with Crippen molar-refractivity contribution in [3.05, 3.63) is 0 Å². The number of nitrogens with two attached hydrogens (primary N) is 1. The number of carbonyl (C=O) groups excluding carboxylic acids is 1. The van der Waals surface area contributed by atoms with Crippen molar-refractivity contribution < 1.29 is 9.53 Å². The minimum absolute atomic E-state index is 0.0386. The third-order valence-electron chi connectivity index (χ3n) is 3.93. The minimum atomic E-state index is -0.729. The number of nitrogens with one attached hydrogen (secondary N) is 1. The average Bonchev–Trinajstić information content (AvgIpc) is 2.38. The second-order valence-corrected chi connectivity index (χ2v) is 5.26. The number of hydrogen-bond donors (Lipinski definition) is 2. The molecule has 0 saturated carbocycles. The Kier molecular flexibility index (Phi) is 6.05. The van der Waals surface area contributed by atoms with E-state index in [1.807, 2.05) is 0 Å². The molecule has 0 aromatic rings. The van der Waals surface area contributed by atoms with Crippen molar-refractivity contribution in [2.75, 3.05) is 33.4 Å². The summed E-state index contributed by atoms with van der Waals surface area (Å²) in [5.41, 5.74) is 5.37. The van der Waals surface area contributed by atoms with Gasteiger partial charge in [-0.05, 0) is 33.2 Å². The maximum Gasteiger partial charge on any atom is 0.240 e. The zero-order valence-corrected chi connectivity index (χ0v) is 11.9. The molecule has 0 aromatic carbocycles. The quantitative estimate of drug-likeness (QED) is 0.720. The number of ether oxygens (including phenoxy) is 1. The van der Waals surface area contributed by atoms with Crippen LogP contribution in [-0.2, 0) is 9.53 Å². The van der Waals surface area contributed by atoms with E-state index in [1.165, 1.54) is 0 Å². The fourth-order valence-electron chi connectivity index (χ4n) is 2.02. The topological polar surface area (TPSA) is 67.6 Å². The van der Waals surface area contributed by atoms with Gasteiger partial charge < -0.3 is 20.7 Å². The minimum Gasteiger partial charge on any atom is -0.381 e. The predicted molar refractivity (Wildman–Crippen MR) is 72.4 cm³/mol. The molecule has 0 bridgehead atoms. The van der Waals surface area contributed by atoms with Crippen molar-refractivity contribution in [3.63, 3.8) is 0 Å². The Bertz CT molecular complexity index is 265. The van der Waals surface area contributed by atoms with E-state index in [0.717, 1.165) is 13.0 Å². The van der Waals surface area contributed by atoms with Gasteiger partial charge in [0.15, 0.2) is 0 Å². The number of amides is 1. The molecule has 1 unspecified atom stereocenters. The Morgan fingerprint density at radius 2 is 2.11 bits per heavy atom. The third-order valence-corrected chi connectivity index (χ3v) is 3.93. The standard InChI is InChI=1S/C13H27N3O2/c1-4-11(2)16(3)8-7-15-12(17)13(14)5-9-18-10-6-13/h11H,4-10,14H2,1-3H3,(H,15,17). The molecule has 1 amide bonds. The van der Waals surface area contributed by atoms with Gasteiger partial charge in [-0.25, -0.2) is 0 Å². The molecule has 5 nitrogen and oxygen atoms in total. The molecule has 5 heteroatoms. The normalized spacial score (nSPS) is 20.7. The van der Waals surface area contributed by atoms with Crippen LogP contribution in [0.3, 0.4) is 0 Å². The van der Waals surface area contributed by atoms with E-state index in [-0.39, 0.29) is 5.91 Å². The van der Waals surface area contributed by atoms with Crippen LogP contribution in [0.1, 0.15) is 33.1 Å². The molecule has 0 aromatic heterocycles. The second kappa shape index (κ2) is 7.07. The molecule has 1 saturated heterocycles. The fraction of sp³-hybridized carbons (Fsp3) is 0.923. The van der Waals surface area contributed by atoms with Crippen molar-refractivity contribution in [1.82, 2.24) is 10.2 Å². The van der Waals surface area contributed by atoms with Crippen LogP contribution >= 0.6 is 0 Å². The molecule has 1 fully saturated rings. The van der Waals surface area contributed by atoms with Gasteiger partial charge in [0, 0.05) is 32.3 Å². The van der Waals surface area contributed by atoms with Gasteiger partial charge in [-0.2, -0.15) is 0 Å². The maximum absolute atomic E-state index is 12.0. The zero-order chi connectivity index (χ0) is 13.6. The van der Waals surface area contributed by atoms with Crippen LogP contribution in [0.2, 0.25) is 0 Å². The first-order chi connectivity index (χ1) is 8.49. The van der Waals surface area contributed by atoms with Crippen LogP contribution in [0.4, 0.5) is 0 Å². The van der Waals surface area contributed by atoms with E-state index in [1.54, 1.807) is 0 Å². The molecule has 1 atom stereocenters. The van der Waals surface area contributed by atoms with E-state index in [0.29, 0.717) is 38.6 Å². The van der Waals surface area contributed by atoms with E-state index in [4.69, 9.17) is 10.5 Å². The number of rotatable bonds is 6. The van der Waals surface area contributed by atoms with E-state index in [2.05, 4.69) is 31.1 Å². The zero-order valence-electron chi connectivity index (χ0n) is 11.9. The summed E-state index contributed by atoms with van der Waals surface area (Å²) in [7, 11) is 2.08. The van der Waals surface area contributed by atoms with Gasteiger partial charge in [-0.15, -0.1) is 0 Å². The molecular formula is C13H27N3O2. The smallest absolute Gasteiger partial charge is 0.240 e. The highest BCUT2D eigenvalue weighted by atomic mass is 16.5. The first-order valence-corrected chi connectivity index (χ1v) is 6.85. The van der Waals surface area contributed by atoms with Crippen molar-refractivity contribution in [3.8, 4) is 0 Å². The Morgan fingerprint density at radius 1 is 1.50 bits per heavy atom. The second-order valence-electron chi connectivity index (χ2n) is 5.26. The summed E-state index contributed by atoms with van der Waals surface area (Å²) in [4.78, 5) is 14.3. The first kappa shape index (κ1) is 15.4. The van der Waals surface area contributed by atoms with E-state index < -0.39 is 5.54 Å². The molecule has 1 aliphatic heterocycles. The largest absolute Gasteiger partial charge is 0.381 e. The Hall–Kier alpha value is -0.650. The fourth-order valence-corrected chi connectivity index (χ4v) is 2.02. The van der Waals surface area contributed by atoms with E-state index in [9.17, 15) is 4.79 Å². The van der Waals surface area contributed by atoms with Crippen LogP contribution < -0.4 is 11.1 Å². The highest BCUT2D eigenvalue weighted by Gasteiger charge is 2.35. The molecule has 0 aliphatic carbocycles. The van der Waals surface area contributed by atoms with Crippen LogP contribution in [0.15, 0.2) is 0 Å². The SMILES string of the molecule is CCC(C)N(C)CCNC(=O)C1(N)CCOCC1. The van der Waals surface area contributed by atoms with Crippen LogP contribution in [0, 0.1) is 0 Å². The summed E-state index contributed by atoms with van der Waals surface area (Å²) in [6, 6.07) is 0.539. The van der Waals surface area contributed by atoms with Gasteiger partial charge in [0.1, 0.15) is 0 Å². The first-order valence-electron chi connectivity index (χ1n) is 6.85. The van der Waals surface area contributed by atoms with E-state index >= 15 is 0 Å². The molecular weight excluding hydrogens is 230 g/mol. The predicted octanol–water partition coefficient (Wildman–Crippen LogP) is 0.341. The van der Waals surface area contributed by atoms with Gasteiger partial charge >= 0.3 is 0 Å². The molecule has 0 radical (unpaired) electrons. The van der Waals surface area contributed by atoms with Crippen molar-refractivity contribution >= 4 is 5.91 Å². The third kappa shape index (κ3) is 4.23. The molecule has 106 valence electrons. The summed E-state index contributed by atoms with van der Waals surface area (Å²) in [5.74, 6) is -0.0386. The Balaban J connectivity index is 2.28.